The molecule has 1 aromatic heterocycles. The summed E-state index contributed by atoms with van der Waals surface area (Å²) < 4.78 is 34.3. The van der Waals surface area contributed by atoms with Crippen molar-refractivity contribution < 1.29 is 23.1 Å². The number of imide groups is 1. The number of aryl methyl sites for hydroxylation is 1. The summed E-state index contributed by atoms with van der Waals surface area (Å²) in [6.45, 7) is 2.96. The molecule has 2 saturated heterocycles. The first-order chi connectivity index (χ1) is 18.4. The van der Waals surface area contributed by atoms with Crippen molar-refractivity contribution in [3.8, 4) is 0 Å². The van der Waals surface area contributed by atoms with Gasteiger partial charge in [0.1, 0.15) is 12.6 Å². The zero-order valence-corrected chi connectivity index (χ0v) is 21.4. The van der Waals surface area contributed by atoms with Gasteiger partial charge in [0.05, 0.1) is 0 Å². The van der Waals surface area contributed by atoms with Gasteiger partial charge < -0.3 is 19.5 Å². The normalized spacial score (nSPS) is 19.4. The van der Waals surface area contributed by atoms with Crippen molar-refractivity contribution in [1.82, 2.24) is 19.7 Å². The smallest absolute Gasteiger partial charge is 0.418 e. The number of amides is 3. The second-order valence-corrected chi connectivity index (χ2v) is 10.0. The highest BCUT2D eigenvalue weighted by Gasteiger charge is 2.40. The van der Waals surface area contributed by atoms with Gasteiger partial charge in [0.25, 0.3) is 0 Å². The van der Waals surface area contributed by atoms with Crippen molar-refractivity contribution >= 4 is 12.1 Å². The fourth-order valence-corrected chi connectivity index (χ4v) is 5.76. The second kappa shape index (κ2) is 10.9. The summed E-state index contributed by atoms with van der Waals surface area (Å²) >= 11 is 0. The number of likely N-dealkylation sites (tertiary alicyclic amines) is 1. The van der Waals surface area contributed by atoms with Gasteiger partial charge in [-0.25, -0.2) is 23.3 Å². The van der Waals surface area contributed by atoms with E-state index in [-0.39, 0.29) is 12.0 Å². The SMILES string of the molecule is Cn1cccc1C1(c2ccccc2)CCN(CCCNC(=O)N2C(=O)OCC2c2ccc(F)c(F)c2)CC1. The standard InChI is InChI=1S/C29H32F2N4O3/c1-33-15-5-9-26(33)29(22-7-3-2-4-8-22)12-17-34(18-13-29)16-6-14-32-27(36)35-25(20-38-28(35)37)21-10-11-23(30)24(31)19-21/h2-5,7-11,15,19,25H,6,12-14,16-18,20H2,1H3,(H,32,36). The van der Waals surface area contributed by atoms with Crippen LogP contribution in [0.3, 0.4) is 0 Å². The summed E-state index contributed by atoms with van der Waals surface area (Å²) in [6, 6.07) is 16.9. The number of nitrogens with one attached hydrogen (secondary N) is 1. The molecule has 1 N–H and O–H groups in total. The molecule has 2 aromatic carbocycles. The molecule has 0 bridgehead atoms. The number of halogens is 2. The van der Waals surface area contributed by atoms with Crippen LogP contribution in [0.15, 0.2) is 66.9 Å². The van der Waals surface area contributed by atoms with Crippen molar-refractivity contribution in [3.63, 3.8) is 0 Å². The summed E-state index contributed by atoms with van der Waals surface area (Å²) in [5.74, 6) is -2.02. The summed E-state index contributed by atoms with van der Waals surface area (Å²) in [4.78, 5) is 28.3. The van der Waals surface area contributed by atoms with Gasteiger partial charge in [0.15, 0.2) is 11.6 Å². The molecule has 1 unspecified atom stereocenters. The number of ether oxygens (including phenoxy) is 1. The molecule has 3 heterocycles. The van der Waals surface area contributed by atoms with E-state index in [4.69, 9.17) is 4.74 Å². The van der Waals surface area contributed by atoms with Crippen molar-refractivity contribution in [3.05, 3.63) is 95.3 Å². The monoisotopic (exact) mass is 522 g/mol. The van der Waals surface area contributed by atoms with E-state index in [9.17, 15) is 18.4 Å². The maximum Gasteiger partial charge on any atom is 0.418 e. The van der Waals surface area contributed by atoms with Gasteiger partial charge in [-0.15, -0.1) is 0 Å². The Balaban J connectivity index is 1.15. The molecular weight excluding hydrogens is 490 g/mol. The number of urea groups is 1. The molecule has 5 rings (SSSR count). The predicted octanol–water partition coefficient (Wildman–Crippen LogP) is 4.98. The van der Waals surface area contributed by atoms with Crippen molar-refractivity contribution in [2.45, 2.75) is 30.7 Å². The largest absolute Gasteiger partial charge is 0.446 e. The van der Waals surface area contributed by atoms with E-state index in [0.717, 1.165) is 49.5 Å². The molecule has 0 aliphatic carbocycles. The number of carbonyl (C=O) groups is 2. The molecule has 1 atom stereocenters. The third-order valence-corrected chi connectivity index (χ3v) is 7.82. The molecule has 2 aliphatic rings. The van der Waals surface area contributed by atoms with E-state index < -0.39 is 29.8 Å². The fraction of sp³-hybridized carbons (Fsp3) is 0.379. The minimum atomic E-state index is -1.04. The highest BCUT2D eigenvalue weighted by atomic mass is 19.2. The van der Waals surface area contributed by atoms with E-state index in [1.807, 2.05) is 6.07 Å². The van der Waals surface area contributed by atoms with Crippen LogP contribution in [0.2, 0.25) is 0 Å². The van der Waals surface area contributed by atoms with Crippen molar-refractivity contribution in [1.29, 1.82) is 0 Å². The van der Waals surface area contributed by atoms with Crippen LogP contribution in [0.1, 0.15) is 42.1 Å². The molecule has 0 radical (unpaired) electrons. The molecule has 3 aromatic rings. The van der Waals surface area contributed by atoms with Gasteiger partial charge in [-0.2, -0.15) is 0 Å². The van der Waals surface area contributed by atoms with Gasteiger partial charge in [0.2, 0.25) is 0 Å². The van der Waals surface area contributed by atoms with Gasteiger partial charge in [-0.05, 0) is 74.3 Å². The Morgan fingerprint density at radius 3 is 2.50 bits per heavy atom. The average Bonchev–Trinajstić information content (AvgIpc) is 3.54. The van der Waals surface area contributed by atoms with Crippen molar-refractivity contribution in [2.24, 2.45) is 7.05 Å². The molecule has 2 aliphatic heterocycles. The number of aromatic nitrogens is 1. The first-order valence-corrected chi connectivity index (χ1v) is 13.0. The maximum atomic E-state index is 13.7. The summed E-state index contributed by atoms with van der Waals surface area (Å²) in [7, 11) is 2.10. The van der Waals surface area contributed by atoms with Gasteiger partial charge in [-0.1, -0.05) is 36.4 Å². The third-order valence-electron chi connectivity index (χ3n) is 7.82. The van der Waals surface area contributed by atoms with E-state index in [1.54, 1.807) is 0 Å². The van der Waals surface area contributed by atoms with E-state index in [2.05, 4.69) is 64.4 Å². The van der Waals surface area contributed by atoms with Crippen LogP contribution >= 0.6 is 0 Å². The Morgan fingerprint density at radius 2 is 1.82 bits per heavy atom. The van der Waals surface area contributed by atoms with Gasteiger partial charge in [-0.3, -0.25) is 0 Å². The zero-order chi connectivity index (χ0) is 26.7. The summed E-state index contributed by atoms with van der Waals surface area (Å²) in [5.41, 5.74) is 2.93. The Bertz CT molecular complexity index is 1290. The number of nitrogens with zero attached hydrogens (tertiary/aromatic N) is 3. The molecule has 0 saturated carbocycles. The quantitative estimate of drug-likeness (QED) is 0.445. The number of hydrogen-bond acceptors (Lipinski definition) is 4. The average molecular weight is 523 g/mol. The lowest BCUT2D eigenvalue weighted by Gasteiger charge is -2.43. The number of cyclic esters (lactones) is 1. The van der Waals surface area contributed by atoms with Crippen LogP contribution in [0.5, 0.6) is 0 Å². The first kappa shape index (κ1) is 25.9. The maximum absolute atomic E-state index is 13.7. The van der Waals surface area contributed by atoms with Crippen LogP contribution in [0, 0.1) is 11.6 Å². The minimum absolute atomic E-state index is 0.0326. The Kier molecular flexibility index (Phi) is 7.46. The van der Waals surface area contributed by atoms with E-state index in [1.165, 1.54) is 17.3 Å². The lowest BCUT2D eigenvalue weighted by molar-refractivity contribution is 0.157. The van der Waals surface area contributed by atoms with Gasteiger partial charge in [0, 0.05) is 30.9 Å². The third kappa shape index (κ3) is 5.03. The van der Waals surface area contributed by atoms with Crippen LogP contribution in [-0.2, 0) is 17.2 Å². The van der Waals surface area contributed by atoms with Crippen LogP contribution in [0.4, 0.5) is 18.4 Å². The molecular formula is C29H32F2N4O3. The Hall–Kier alpha value is -3.72. The van der Waals surface area contributed by atoms with E-state index in [0.29, 0.717) is 18.5 Å². The highest BCUT2D eigenvalue weighted by molar-refractivity contribution is 5.92. The Labute approximate surface area is 221 Å². The Morgan fingerprint density at radius 1 is 1.05 bits per heavy atom. The molecule has 2 fully saturated rings. The number of rotatable bonds is 7. The topological polar surface area (TPSA) is 66.8 Å². The summed E-state index contributed by atoms with van der Waals surface area (Å²) in [5, 5.41) is 2.78. The lowest BCUT2D eigenvalue weighted by Crippen LogP contribution is -2.45. The van der Waals surface area contributed by atoms with E-state index >= 15 is 0 Å². The van der Waals surface area contributed by atoms with Crippen LogP contribution in [0.25, 0.3) is 0 Å². The number of carbonyl (C=O) groups excluding carboxylic acids is 2. The molecule has 38 heavy (non-hydrogen) atoms. The first-order valence-electron chi connectivity index (χ1n) is 13.0. The molecule has 200 valence electrons. The van der Waals surface area contributed by atoms with Crippen LogP contribution in [-0.4, -0.2) is 59.3 Å². The molecule has 0 spiro atoms. The van der Waals surface area contributed by atoms with Crippen molar-refractivity contribution in [2.75, 3.05) is 32.8 Å². The van der Waals surface area contributed by atoms with Gasteiger partial charge >= 0.3 is 12.1 Å². The minimum Gasteiger partial charge on any atom is -0.446 e. The molecule has 9 heteroatoms. The predicted molar refractivity (Wildman–Crippen MR) is 139 cm³/mol. The summed E-state index contributed by atoms with van der Waals surface area (Å²) in [6.07, 6.45) is 4.01. The number of benzene rings is 2. The molecule has 7 nitrogen and oxygen atoms in total. The van der Waals surface area contributed by atoms with Crippen LogP contribution < -0.4 is 5.32 Å². The second-order valence-electron chi connectivity index (χ2n) is 10.0. The fourth-order valence-electron chi connectivity index (χ4n) is 5.76. The number of piperidine rings is 1. The zero-order valence-electron chi connectivity index (χ0n) is 21.4. The lowest BCUT2D eigenvalue weighted by atomic mass is 9.70. The molecule has 3 amide bonds. The highest BCUT2D eigenvalue weighted by Crippen LogP contribution is 2.41. The number of hydrogen-bond donors (Lipinski definition) is 1.